The molecular formula is C18H21NO5. The van der Waals surface area contributed by atoms with E-state index in [-0.39, 0.29) is 17.6 Å². The Bertz CT molecular complexity index is 649. The molecule has 24 heavy (non-hydrogen) atoms. The van der Waals surface area contributed by atoms with E-state index in [4.69, 9.17) is 14.3 Å². The van der Waals surface area contributed by atoms with Crippen LogP contribution in [0.1, 0.15) is 36.5 Å². The average molecular weight is 331 g/mol. The van der Waals surface area contributed by atoms with Crippen molar-refractivity contribution in [2.75, 3.05) is 14.2 Å². The van der Waals surface area contributed by atoms with Gasteiger partial charge in [0, 0.05) is 17.5 Å². The molecule has 0 bridgehead atoms. The van der Waals surface area contributed by atoms with E-state index in [1.54, 1.807) is 24.3 Å². The van der Waals surface area contributed by atoms with E-state index < -0.39 is 12.1 Å². The van der Waals surface area contributed by atoms with E-state index in [2.05, 4.69) is 11.7 Å². The second-order valence-corrected chi connectivity index (χ2v) is 5.43. The Morgan fingerprint density at radius 2 is 2.04 bits per heavy atom. The van der Waals surface area contributed by atoms with Gasteiger partial charge in [0.25, 0.3) is 0 Å². The van der Waals surface area contributed by atoms with Crippen molar-refractivity contribution in [2.45, 2.75) is 25.4 Å². The number of hydrogen-bond donors (Lipinski definition) is 0. The van der Waals surface area contributed by atoms with Crippen LogP contribution < -0.4 is 0 Å². The van der Waals surface area contributed by atoms with Crippen molar-refractivity contribution in [1.29, 1.82) is 0 Å². The molecule has 0 saturated heterocycles. The zero-order valence-electron chi connectivity index (χ0n) is 13.9. The summed E-state index contributed by atoms with van der Waals surface area (Å²) in [6, 6.07) is 7.07. The second-order valence-electron chi connectivity index (χ2n) is 5.43. The molecule has 0 aliphatic heterocycles. The molecule has 1 aliphatic rings. The third-order valence-electron chi connectivity index (χ3n) is 3.67. The summed E-state index contributed by atoms with van der Waals surface area (Å²) in [7, 11) is 2.62. The molecule has 1 aromatic rings. The van der Waals surface area contributed by atoms with Crippen molar-refractivity contribution in [3.63, 3.8) is 0 Å². The van der Waals surface area contributed by atoms with Crippen LogP contribution in [0.2, 0.25) is 0 Å². The van der Waals surface area contributed by atoms with Crippen molar-refractivity contribution < 1.29 is 23.9 Å². The number of carbonyl (C=O) groups is 2. The molecule has 6 nitrogen and oxygen atoms in total. The van der Waals surface area contributed by atoms with Crippen molar-refractivity contribution in [1.82, 2.24) is 0 Å². The van der Waals surface area contributed by atoms with Crippen molar-refractivity contribution in [3.05, 3.63) is 48.0 Å². The minimum absolute atomic E-state index is 0.0165. The van der Waals surface area contributed by atoms with Gasteiger partial charge in [0.1, 0.15) is 13.2 Å². The second kappa shape index (κ2) is 8.29. The minimum Gasteiger partial charge on any atom is -0.464 e. The molecule has 1 aromatic carbocycles. The number of ether oxygens (including phenoxy) is 2. The van der Waals surface area contributed by atoms with E-state index in [9.17, 15) is 9.59 Å². The molecule has 6 heteroatoms. The first-order chi connectivity index (χ1) is 11.6. The van der Waals surface area contributed by atoms with Gasteiger partial charge >= 0.3 is 11.9 Å². The molecular weight excluding hydrogens is 310 g/mol. The molecule has 1 fully saturated rings. The molecule has 0 aromatic heterocycles. The van der Waals surface area contributed by atoms with Crippen molar-refractivity contribution >= 4 is 17.7 Å². The lowest BCUT2D eigenvalue weighted by molar-refractivity contribution is -0.151. The predicted molar refractivity (Wildman–Crippen MR) is 88.4 cm³/mol. The zero-order valence-corrected chi connectivity index (χ0v) is 13.9. The zero-order chi connectivity index (χ0) is 17.5. The number of esters is 2. The predicted octanol–water partition coefficient (Wildman–Crippen LogP) is 2.78. The number of methoxy groups -OCH3 is 1. The Morgan fingerprint density at radius 1 is 1.33 bits per heavy atom. The lowest BCUT2D eigenvalue weighted by Gasteiger charge is -2.20. The summed E-state index contributed by atoms with van der Waals surface area (Å²) in [4.78, 5) is 28.8. The van der Waals surface area contributed by atoms with Gasteiger partial charge in [-0.15, -0.1) is 6.58 Å². The fraction of sp³-hybridized carbons (Fsp3) is 0.389. The first kappa shape index (κ1) is 17.7. The van der Waals surface area contributed by atoms with Crippen LogP contribution in [0.5, 0.6) is 0 Å². The maximum Gasteiger partial charge on any atom is 0.360 e. The lowest BCUT2D eigenvalue weighted by atomic mass is 9.96. The van der Waals surface area contributed by atoms with Gasteiger partial charge in [-0.05, 0) is 12.8 Å². The number of benzene rings is 1. The topological polar surface area (TPSA) is 74.2 Å². The third kappa shape index (κ3) is 4.22. The molecule has 0 heterocycles. The molecule has 0 radical (unpaired) electrons. The summed E-state index contributed by atoms with van der Waals surface area (Å²) in [5, 5.41) is 3.77. The molecule has 1 unspecified atom stereocenters. The van der Waals surface area contributed by atoms with Gasteiger partial charge < -0.3 is 14.3 Å². The highest BCUT2D eigenvalue weighted by Crippen LogP contribution is 2.34. The monoisotopic (exact) mass is 331 g/mol. The summed E-state index contributed by atoms with van der Waals surface area (Å²) in [5.41, 5.74) is 1.18. The fourth-order valence-corrected chi connectivity index (χ4v) is 2.32. The van der Waals surface area contributed by atoms with Crippen LogP contribution in [-0.2, 0) is 23.9 Å². The largest absolute Gasteiger partial charge is 0.464 e. The quantitative estimate of drug-likeness (QED) is 0.317. The number of oxime groups is 1. The van der Waals surface area contributed by atoms with Gasteiger partial charge in [-0.3, -0.25) is 4.79 Å². The Hall–Kier alpha value is -2.63. The lowest BCUT2D eigenvalue weighted by Crippen LogP contribution is -2.22. The van der Waals surface area contributed by atoms with Gasteiger partial charge in [0.05, 0.1) is 13.0 Å². The van der Waals surface area contributed by atoms with Gasteiger partial charge in [-0.25, -0.2) is 4.79 Å². The highest BCUT2D eigenvalue weighted by Gasteiger charge is 2.34. The number of hydrogen-bond acceptors (Lipinski definition) is 6. The van der Waals surface area contributed by atoms with Crippen LogP contribution >= 0.6 is 0 Å². The Balaban J connectivity index is 2.39. The van der Waals surface area contributed by atoms with E-state index >= 15 is 0 Å². The molecule has 1 atom stereocenters. The molecule has 0 N–H and O–H groups in total. The van der Waals surface area contributed by atoms with Crippen LogP contribution in [0.15, 0.2) is 42.1 Å². The average Bonchev–Trinajstić information content (AvgIpc) is 3.44. The van der Waals surface area contributed by atoms with Crippen LogP contribution in [-0.4, -0.2) is 31.9 Å². The van der Waals surface area contributed by atoms with Crippen LogP contribution in [0, 0.1) is 5.92 Å². The summed E-state index contributed by atoms with van der Waals surface area (Å²) in [5.74, 6) is -0.868. The van der Waals surface area contributed by atoms with Gasteiger partial charge in [0.15, 0.2) is 5.71 Å². The smallest absolute Gasteiger partial charge is 0.360 e. The maximum atomic E-state index is 12.1. The molecule has 0 spiro atoms. The number of rotatable bonds is 8. The number of carbonyl (C=O) groups excluding carboxylic acids is 2. The first-order valence-electron chi connectivity index (χ1n) is 7.72. The van der Waals surface area contributed by atoms with Crippen LogP contribution in [0.25, 0.3) is 0 Å². The molecule has 0 amide bonds. The summed E-state index contributed by atoms with van der Waals surface area (Å²) in [6.45, 7) is 3.72. The highest BCUT2D eigenvalue weighted by atomic mass is 16.6. The third-order valence-corrected chi connectivity index (χ3v) is 3.67. The molecule has 2 rings (SSSR count). The van der Waals surface area contributed by atoms with E-state index in [1.807, 2.05) is 6.07 Å². The maximum absolute atomic E-state index is 12.1. The van der Waals surface area contributed by atoms with Crippen LogP contribution in [0.3, 0.4) is 0 Å². The van der Waals surface area contributed by atoms with Gasteiger partial charge in [-0.2, -0.15) is 0 Å². The Kier molecular flexibility index (Phi) is 6.12. The highest BCUT2D eigenvalue weighted by molar-refractivity contribution is 6.43. The van der Waals surface area contributed by atoms with Crippen molar-refractivity contribution in [2.24, 2.45) is 11.1 Å². The van der Waals surface area contributed by atoms with Crippen molar-refractivity contribution in [3.8, 4) is 0 Å². The summed E-state index contributed by atoms with van der Waals surface area (Å²) in [6.07, 6.45) is 3.28. The molecule has 1 aliphatic carbocycles. The Morgan fingerprint density at radius 3 is 2.62 bits per heavy atom. The summed E-state index contributed by atoms with van der Waals surface area (Å²) < 4.78 is 10.4. The van der Waals surface area contributed by atoms with E-state index in [0.29, 0.717) is 17.5 Å². The van der Waals surface area contributed by atoms with E-state index in [1.165, 1.54) is 14.2 Å². The SMILES string of the molecule is C=CCC(OC(=O)C1CC1)c1ccccc1C(=NOC)C(=O)OC. The van der Waals surface area contributed by atoms with E-state index in [0.717, 1.165) is 12.8 Å². The van der Waals surface area contributed by atoms with Gasteiger partial charge in [-0.1, -0.05) is 35.5 Å². The molecule has 1 saturated carbocycles. The standard InChI is InChI=1S/C18H21NO5/c1-4-7-15(24-17(20)12-10-11-12)13-8-5-6-9-14(13)16(19-23-3)18(21)22-2/h4-6,8-9,12,15H,1,7,10-11H2,2-3H3. The first-order valence-corrected chi connectivity index (χ1v) is 7.72. The fourth-order valence-electron chi connectivity index (χ4n) is 2.32. The molecule has 128 valence electrons. The van der Waals surface area contributed by atoms with Crippen LogP contribution in [0.4, 0.5) is 0 Å². The normalized spacial score (nSPS) is 15.3. The summed E-state index contributed by atoms with van der Waals surface area (Å²) >= 11 is 0. The number of nitrogens with zero attached hydrogens (tertiary/aromatic N) is 1. The minimum atomic E-state index is -0.629. The van der Waals surface area contributed by atoms with Gasteiger partial charge in [0.2, 0.25) is 0 Å². The Labute approximate surface area is 141 Å².